The average Bonchev–Trinajstić information content (AvgIpc) is 2.32. The molecule has 0 fully saturated rings. The zero-order valence-corrected chi connectivity index (χ0v) is 7.98. The molecule has 78 valence electrons. The maximum absolute atomic E-state index is 13.4. The number of aromatic nitrogens is 2. The molecule has 16 heavy (non-hydrogen) atoms. The number of nitriles is 1. The van der Waals surface area contributed by atoms with Crippen LogP contribution in [0.1, 0.15) is 5.69 Å². The fourth-order valence-electron chi connectivity index (χ4n) is 1.22. The SMILES string of the molecule is N#Cc1ccnc(-c2cc(F)ccc2F)n1. The monoisotopic (exact) mass is 217 g/mol. The summed E-state index contributed by atoms with van der Waals surface area (Å²) in [4.78, 5) is 7.58. The van der Waals surface area contributed by atoms with Gasteiger partial charge in [0.25, 0.3) is 0 Å². The van der Waals surface area contributed by atoms with E-state index in [-0.39, 0.29) is 17.1 Å². The van der Waals surface area contributed by atoms with Crippen molar-refractivity contribution in [1.82, 2.24) is 9.97 Å². The Hall–Kier alpha value is -2.35. The minimum Gasteiger partial charge on any atom is -0.236 e. The second kappa shape index (κ2) is 4.03. The second-order valence-electron chi connectivity index (χ2n) is 3.00. The minimum absolute atomic E-state index is 0.00366. The van der Waals surface area contributed by atoms with E-state index in [4.69, 9.17) is 5.26 Å². The van der Waals surface area contributed by atoms with Crippen molar-refractivity contribution in [3.8, 4) is 17.5 Å². The first kappa shape index (κ1) is 10.2. The molecular weight excluding hydrogens is 212 g/mol. The highest BCUT2D eigenvalue weighted by Gasteiger charge is 2.09. The zero-order chi connectivity index (χ0) is 11.5. The van der Waals surface area contributed by atoms with E-state index in [0.29, 0.717) is 0 Å². The van der Waals surface area contributed by atoms with Gasteiger partial charge in [-0.1, -0.05) is 0 Å². The van der Waals surface area contributed by atoms with Gasteiger partial charge in [0.05, 0.1) is 5.56 Å². The van der Waals surface area contributed by atoms with Crippen LogP contribution >= 0.6 is 0 Å². The van der Waals surface area contributed by atoms with Crippen LogP contribution in [-0.4, -0.2) is 9.97 Å². The molecule has 5 heteroatoms. The molecule has 0 N–H and O–H groups in total. The van der Waals surface area contributed by atoms with E-state index in [2.05, 4.69) is 9.97 Å². The third-order valence-corrected chi connectivity index (χ3v) is 1.94. The Labute approximate surface area is 90.0 Å². The molecule has 1 aromatic carbocycles. The van der Waals surface area contributed by atoms with Crippen molar-refractivity contribution in [3.63, 3.8) is 0 Å². The highest BCUT2D eigenvalue weighted by atomic mass is 19.1. The number of halogens is 2. The molecule has 3 nitrogen and oxygen atoms in total. The topological polar surface area (TPSA) is 49.6 Å². The fourth-order valence-corrected chi connectivity index (χ4v) is 1.22. The lowest BCUT2D eigenvalue weighted by Gasteiger charge is -2.01. The van der Waals surface area contributed by atoms with Gasteiger partial charge < -0.3 is 0 Å². The van der Waals surface area contributed by atoms with Crippen molar-refractivity contribution >= 4 is 0 Å². The van der Waals surface area contributed by atoms with Gasteiger partial charge >= 0.3 is 0 Å². The molecule has 0 unspecified atom stereocenters. The van der Waals surface area contributed by atoms with E-state index in [1.54, 1.807) is 6.07 Å². The Morgan fingerprint density at radius 3 is 2.75 bits per heavy atom. The lowest BCUT2D eigenvalue weighted by molar-refractivity contribution is 0.602. The second-order valence-corrected chi connectivity index (χ2v) is 3.00. The standard InChI is InChI=1S/C11H5F2N3/c12-7-1-2-10(13)9(5-7)11-15-4-3-8(6-14)16-11/h1-5H. The maximum Gasteiger partial charge on any atom is 0.163 e. The first-order valence-corrected chi connectivity index (χ1v) is 4.39. The normalized spacial score (nSPS) is 9.81. The Morgan fingerprint density at radius 1 is 1.19 bits per heavy atom. The van der Waals surface area contributed by atoms with Gasteiger partial charge in [0.2, 0.25) is 0 Å². The molecule has 0 atom stereocenters. The van der Waals surface area contributed by atoms with Gasteiger partial charge in [-0.2, -0.15) is 5.26 Å². The van der Waals surface area contributed by atoms with Crippen LogP contribution in [0.3, 0.4) is 0 Å². The van der Waals surface area contributed by atoms with Gasteiger partial charge in [0.15, 0.2) is 5.82 Å². The van der Waals surface area contributed by atoms with E-state index in [9.17, 15) is 8.78 Å². The summed E-state index contributed by atoms with van der Waals surface area (Å²) >= 11 is 0. The van der Waals surface area contributed by atoms with Crippen molar-refractivity contribution in [2.45, 2.75) is 0 Å². The summed E-state index contributed by atoms with van der Waals surface area (Å²) in [6.45, 7) is 0. The molecule has 1 heterocycles. The summed E-state index contributed by atoms with van der Waals surface area (Å²) in [6.07, 6.45) is 1.32. The molecule has 0 radical (unpaired) electrons. The van der Waals surface area contributed by atoms with E-state index < -0.39 is 11.6 Å². The first-order valence-electron chi connectivity index (χ1n) is 4.39. The molecule has 0 aliphatic rings. The van der Waals surface area contributed by atoms with E-state index >= 15 is 0 Å². The molecule has 0 saturated carbocycles. The molecule has 2 rings (SSSR count). The summed E-state index contributed by atoms with van der Waals surface area (Å²) < 4.78 is 26.3. The molecule has 1 aromatic heterocycles. The molecule has 0 aliphatic heterocycles. The number of benzene rings is 1. The largest absolute Gasteiger partial charge is 0.236 e. The maximum atomic E-state index is 13.4. The lowest BCUT2D eigenvalue weighted by Crippen LogP contribution is -1.94. The van der Waals surface area contributed by atoms with Crippen LogP contribution < -0.4 is 0 Å². The highest BCUT2D eigenvalue weighted by Crippen LogP contribution is 2.19. The molecule has 0 spiro atoms. The van der Waals surface area contributed by atoms with Gasteiger partial charge in [0, 0.05) is 6.20 Å². The molecular formula is C11H5F2N3. The molecule has 0 amide bonds. The Kier molecular flexibility index (Phi) is 2.56. The van der Waals surface area contributed by atoms with Gasteiger partial charge in [0.1, 0.15) is 23.4 Å². The molecule has 0 aliphatic carbocycles. The van der Waals surface area contributed by atoms with Crippen molar-refractivity contribution in [2.75, 3.05) is 0 Å². The van der Waals surface area contributed by atoms with Crippen LogP contribution in [0.2, 0.25) is 0 Å². The first-order chi connectivity index (χ1) is 7.70. The van der Waals surface area contributed by atoms with E-state index in [1.807, 2.05) is 0 Å². The van der Waals surface area contributed by atoms with Gasteiger partial charge in [-0.3, -0.25) is 0 Å². The van der Waals surface area contributed by atoms with Crippen molar-refractivity contribution in [2.24, 2.45) is 0 Å². The van der Waals surface area contributed by atoms with Crippen molar-refractivity contribution in [1.29, 1.82) is 5.26 Å². The average molecular weight is 217 g/mol. The Morgan fingerprint density at radius 2 is 2.00 bits per heavy atom. The molecule has 0 bridgehead atoms. The minimum atomic E-state index is -0.628. The number of nitrogens with zero attached hydrogens (tertiary/aromatic N) is 3. The molecule has 2 aromatic rings. The van der Waals surface area contributed by atoms with Crippen LogP contribution in [0.15, 0.2) is 30.5 Å². The zero-order valence-electron chi connectivity index (χ0n) is 7.98. The van der Waals surface area contributed by atoms with Gasteiger partial charge in [-0.05, 0) is 24.3 Å². The van der Waals surface area contributed by atoms with Crippen molar-refractivity contribution in [3.05, 3.63) is 47.8 Å². The van der Waals surface area contributed by atoms with Crippen LogP contribution in [0.5, 0.6) is 0 Å². The summed E-state index contributed by atoms with van der Waals surface area (Å²) in [5.41, 5.74) is 0.0470. The van der Waals surface area contributed by atoms with E-state index in [1.165, 1.54) is 12.3 Å². The van der Waals surface area contributed by atoms with Crippen LogP contribution in [0.25, 0.3) is 11.4 Å². The fraction of sp³-hybridized carbons (Fsp3) is 0. The Bertz CT molecular complexity index is 576. The Balaban J connectivity index is 2.58. The number of hydrogen-bond donors (Lipinski definition) is 0. The predicted octanol–water partition coefficient (Wildman–Crippen LogP) is 2.29. The highest BCUT2D eigenvalue weighted by molar-refractivity contribution is 5.56. The summed E-state index contributed by atoms with van der Waals surface area (Å²) in [7, 11) is 0. The summed E-state index contributed by atoms with van der Waals surface area (Å²) in [6, 6.07) is 6.19. The third-order valence-electron chi connectivity index (χ3n) is 1.94. The van der Waals surface area contributed by atoms with Crippen LogP contribution in [0.4, 0.5) is 8.78 Å². The van der Waals surface area contributed by atoms with Crippen LogP contribution in [0, 0.1) is 23.0 Å². The third kappa shape index (κ3) is 1.86. The smallest absolute Gasteiger partial charge is 0.163 e. The summed E-state index contributed by atoms with van der Waals surface area (Å²) in [5, 5.41) is 8.62. The lowest BCUT2D eigenvalue weighted by atomic mass is 10.2. The van der Waals surface area contributed by atoms with Crippen LogP contribution in [-0.2, 0) is 0 Å². The predicted molar refractivity (Wildman–Crippen MR) is 52.1 cm³/mol. The number of hydrogen-bond acceptors (Lipinski definition) is 3. The molecule has 0 saturated heterocycles. The summed E-state index contributed by atoms with van der Waals surface area (Å²) in [5.74, 6) is -1.21. The number of rotatable bonds is 1. The van der Waals surface area contributed by atoms with Crippen molar-refractivity contribution < 1.29 is 8.78 Å². The van der Waals surface area contributed by atoms with Gasteiger partial charge in [-0.15, -0.1) is 0 Å². The van der Waals surface area contributed by atoms with Gasteiger partial charge in [-0.25, -0.2) is 18.7 Å². The quantitative estimate of drug-likeness (QED) is 0.736. The van der Waals surface area contributed by atoms with E-state index in [0.717, 1.165) is 18.2 Å².